The van der Waals surface area contributed by atoms with Gasteiger partial charge in [-0.1, -0.05) is 18.5 Å². The Morgan fingerprint density at radius 1 is 1.22 bits per heavy atom. The third-order valence-corrected chi connectivity index (χ3v) is 8.25. The number of nitrogens with one attached hydrogen (secondary N) is 3. The molecule has 41 heavy (non-hydrogen) atoms. The van der Waals surface area contributed by atoms with Crippen molar-refractivity contribution in [1.29, 1.82) is 0 Å². The van der Waals surface area contributed by atoms with Crippen molar-refractivity contribution in [3.8, 4) is 5.75 Å². The SMILES string of the molecule is CCCOc1c(F)c(Cl)cc2sc(C(C)(C)NC(=O)Nc3ccc4c(c3)C(=O)N(C3CCC(=O)NC3=O)C4=O)nc12. The number of aromatic nitrogens is 1. The van der Waals surface area contributed by atoms with Crippen molar-refractivity contribution >= 4 is 68.5 Å². The maximum atomic E-state index is 14.7. The largest absolute Gasteiger partial charge is 0.488 e. The molecule has 1 aromatic heterocycles. The van der Waals surface area contributed by atoms with Crippen LogP contribution in [0.4, 0.5) is 14.9 Å². The second-order valence-corrected chi connectivity index (χ2v) is 11.6. The van der Waals surface area contributed by atoms with Gasteiger partial charge in [-0.15, -0.1) is 11.3 Å². The van der Waals surface area contributed by atoms with Crippen molar-refractivity contribution in [2.75, 3.05) is 11.9 Å². The van der Waals surface area contributed by atoms with Crippen molar-refractivity contribution in [2.45, 2.75) is 51.6 Å². The van der Waals surface area contributed by atoms with Crippen LogP contribution < -0.4 is 20.7 Å². The van der Waals surface area contributed by atoms with Crippen LogP contribution in [-0.4, -0.2) is 52.2 Å². The van der Waals surface area contributed by atoms with Crippen molar-refractivity contribution < 1.29 is 33.1 Å². The van der Waals surface area contributed by atoms with Gasteiger partial charge in [-0.2, -0.15) is 0 Å². The van der Waals surface area contributed by atoms with E-state index in [0.29, 0.717) is 21.6 Å². The smallest absolute Gasteiger partial charge is 0.319 e. The van der Waals surface area contributed by atoms with E-state index in [-0.39, 0.29) is 47.0 Å². The van der Waals surface area contributed by atoms with Gasteiger partial charge in [-0.3, -0.25) is 29.4 Å². The molecule has 3 aromatic rings. The summed E-state index contributed by atoms with van der Waals surface area (Å²) < 4.78 is 20.8. The normalized spacial score (nSPS) is 17.1. The fourth-order valence-corrected chi connectivity index (χ4v) is 5.96. The minimum atomic E-state index is -1.09. The number of ether oxygens (including phenoxy) is 1. The number of rotatable bonds is 7. The van der Waals surface area contributed by atoms with E-state index in [1.165, 1.54) is 35.6 Å². The first-order chi connectivity index (χ1) is 19.4. The zero-order valence-electron chi connectivity index (χ0n) is 22.2. The molecule has 6 amide bonds. The number of anilines is 1. The lowest BCUT2D eigenvalue weighted by Gasteiger charge is -2.27. The zero-order valence-corrected chi connectivity index (χ0v) is 23.8. The summed E-state index contributed by atoms with van der Waals surface area (Å²) in [5.41, 5.74) is -0.354. The van der Waals surface area contributed by atoms with E-state index in [2.05, 4.69) is 20.9 Å². The summed E-state index contributed by atoms with van der Waals surface area (Å²) in [4.78, 5) is 68.1. The number of carbonyl (C=O) groups excluding carboxylic acids is 5. The quantitative estimate of drug-likeness (QED) is 0.341. The Balaban J connectivity index is 1.33. The molecule has 1 fully saturated rings. The monoisotopic (exact) mass is 601 g/mol. The highest BCUT2D eigenvalue weighted by Crippen LogP contribution is 2.39. The lowest BCUT2D eigenvalue weighted by Crippen LogP contribution is -2.54. The highest BCUT2D eigenvalue weighted by molar-refractivity contribution is 7.18. The molecule has 2 aliphatic rings. The average Bonchev–Trinajstić information content (AvgIpc) is 3.43. The number of carbonyl (C=O) groups is 5. The minimum Gasteiger partial charge on any atom is -0.488 e. The Morgan fingerprint density at radius 2 is 1.95 bits per heavy atom. The average molecular weight is 602 g/mol. The number of amides is 6. The van der Waals surface area contributed by atoms with Crippen molar-refractivity contribution in [1.82, 2.24) is 20.5 Å². The van der Waals surface area contributed by atoms with Crippen LogP contribution in [-0.2, 0) is 15.1 Å². The van der Waals surface area contributed by atoms with Gasteiger partial charge < -0.3 is 15.4 Å². The van der Waals surface area contributed by atoms with E-state index in [0.717, 1.165) is 4.90 Å². The molecule has 0 spiro atoms. The second-order valence-electron chi connectivity index (χ2n) is 10.1. The van der Waals surface area contributed by atoms with Crippen LogP contribution in [0.5, 0.6) is 5.75 Å². The van der Waals surface area contributed by atoms with Crippen LogP contribution in [0.25, 0.3) is 10.2 Å². The van der Waals surface area contributed by atoms with Crippen LogP contribution >= 0.6 is 22.9 Å². The molecule has 5 rings (SSSR count). The Bertz CT molecular complexity index is 1640. The van der Waals surface area contributed by atoms with E-state index in [9.17, 15) is 28.4 Å². The number of thiazole rings is 1. The first-order valence-electron chi connectivity index (χ1n) is 12.8. The molecule has 1 unspecified atom stereocenters. The highest BCUT2D eigenvalue weighted by Gasteiger charge is 2.44. The van der Waals surface area contributed by atoms with Gasteiger partial charge in [0.2, 0.25) is 11.8 Å². The first kappa shape index (κ1) is 28.4. The Labute approximate surface area is 242 Å². The summed E-state index contributed by atoms with van der Waals surface area (Å²) in [6.07, 6.45) is 0.709. The molecule has 2 aromatic carbocycles. The third-order valence-electron chi connectivity index (χ3n) is 6.64. The summed E-state index contributed by atoms with van der Waals surface area (Å²) in [7, 11) is 0. The van der Waals surface area contributed by atoms with Crippen LogP contribution in [0.15, 0.2) is 24.3 Å². The van der Waals surface area contributed by atoms with Gasteiger partial charge in [0.15, 0.2) is 11.6 Å². The highest BCUT2D eigenvalue weighted by atomic mass is 35.5. The molecule has 14 heteroatoms. The number of hydrogen-bond acceptors (Lipinski definition) is 8. The van der Waals surface area contributed by atoms with E-state index in [1.54, 1.807) is 13.8 Å². The molecular weight excluding hydrogens is 577 g/mol. The maximum Gasteiger partial charge on any atom is 0.319 e. The predicted octanol–water partition coefficient (Wildman–Crippen LogP) is 4.34. The third kappa shape index (κ3) is 5.22. The number of halogens is 2. The minimum absolute atomic E-state index is 0.0102. The van der Waals surface area contributed by atoms with Crippen molar-refractivity contribution in [2.24, 2.45) is 0 Å². The number of urea groups is 1. The van der Waals surface area contributed by atoms with Gasteiger partial charge in [0.05, 0.1) is 33.0 Å². The summed E-state index contributed by atoms with van der Waals surface area (Å²) >= 11 is 7.29. The molecule has 1 saturated heterocycles. The molecule has 0 bridgehead atoms. The van der Waals surface area contributed by atoms with E-state index < -0.39 is 47.1 Å². The maximum absolute atomic E-state index is 14.7. The van der Waals surface area contributed by atoms with Crippen LogP contribution in [0, 0.1) is 5.82 Å². The molecular formula is C27H25ClFN5O6S. The molecule has 214 valence electrons. The summed E-state index contributed by atoms with van der Waals surface area (Å²) in [5.74, 6) is -3.25. The number of hydrogen-bond donors (Lipinski definition) is 3. The number of fused-ring (bicyclic) bond motifs is 2. The molecule has 1 atom stereocenters. The summed E-state index contributed by atoms with van der Waals surface area (Å²) in [5, 5.41) is 7.99. The number of benzene rings is 2. The predicted molar refractivity (Wildman–Crippen MR) is 149 cm³/mol. The summed E-state index contributed by atoms with van der Waals surface area (Å²) in [6.45, 7) is 5.61. The van der Waals surface area contributed by atoms with Gasteiger partial charge >= 0.3 is 6.03 Å². The topological polar surface area (TPSA) is 147 Å². The molecule has 0 saturated carbocycles. The fourth-order valence-electron chi connectivity index (χ4n) is 4.63. The Hall–Kier alpha value is -4.10. The molecule has 0 radical (unpaired) electrons. The second kappa shape index (κ2) is 10.7. The van der Waals surface area contributed by atoms with Crippen LogP contribution in [0.3, 0.4) is 0 Å². The number of imide groups is 2. The Kier molecular flexibility index (Phi) is 7.43. The van der Waals surface area contributed by atoms with Crippen LogP contribution in [0.2, 0.25) is 5.02 Å². The van der Waals surface area contributed by atoms with Gasteiger partial charge in [0.25, 0.3) is 11.8 Å². The van der Waals surface area contributed by atoms with Gasteiger partial charge in [0.1, 0.15) is 16.6 Å². The summed E-state index contributed by atoms with van der Waals surface area (Å²) in [6, 6.07) is 3.96. The first-order valence-corrected chi connectivity index (χ1v) is 14.0. The molecule has 0 aliphatic carbocycles. The number of nitrogens with zero attached hydrogens (tertiary/aromatic N) is 2. The van der Waals surface area contributed by atoms with E-state index in [4.69, 9.17) is 16.3 Å². The molecule has 3 heterocycles. The molecule has 11 nitrogen and oxygen atoms in total. The van der Waals surface area contributed by atoms with E-state index >= 15 is 0 Å². The van der Waals surface area contributed by atoms with Crippen molar-refractivity contribution in [3.05, 3.63) is 51.2 Å². The lowest BCUT2D eigenvalue weighted by molar-refractivity contribution is -0.136. The van der Waals surface area contributed by atoms with Gasteiger partial charge in [0, 0.05) is 12.1 Å². The van der Waals surface area contributed by atoms with Gasteiger partial charge in [-0.05, 0) is 51.0 Å². The standard InChI is InChI=1S/C27H25ClFN5O6S/c1-4-9-40-21-19(29)15(28)11-17-20(21)32-25(41-17)27(2,3)33-26(39)30-12-5-6-13-14(10-12)24(38)34(23(13)37)16-7-8-18(35)31-22(16)36/h5-6,10-11,16H,4,7-9H2,1-3H3,(H2,30,33,39)(H,31,35,36). The number of piperidine rings is 1. The molecule has 2 aliphatic heterocycles. The van der Waals surface area contributed by atoms with E-state index in [1.807, 2.05) is 6.92 Å². The Morgan fingerprint density at radius 3 is 2.66 bits per heavy atom. The molecule has 3 N–H and O–H groups in total. The van der Waals surface area contributed by atoms with Crippen molar-refractivity contribution in [3.63, 3.8) is 0 Å². The lowest BCUT2D eigenvalue weighted by atomic mass is 10.0. The van der Waals surface area contributed by atoms with Crippen LogP contribution in [0.1, 0.15) is 65.8 Å². The zero-order chi connectivity index (χ0) is 29.6. The fraction of sp³-hybridized carbons (Fsp3) is 0.333. The van der Waals surface area contributed by atoms with Gasteiger partial charge in [-0.25, -0.2) is 14.2 Å².